The van der Waals surface area contributed by atoms with E-state index in [0.717, 1.165) is 10.9 Å². The molecule has 55 valence electrons. The number of phenols is 1. The lowest BCUT2D eigenvalue weighted by molar-refractivity contribution is 0.476. The highest BCUT2D eigenvalue weighted by Gasteiger charge is 2.00. The van der Waals surface area contributed by atoms with Gasteiger partial charge in [0.05, 0.1) is 5.02 Å². The van der Waals surface area contributed by atoms with Crippen molar-refractivity contribution < 1.29 is 5.11 Å². The fourth-order valence-corrected chi connectivity index (χ4v) is 1.16. The third-order valence-corrected chi connectivity index (χ3v) is 1.85. The highest BCUT2D eigenvalue weighted by molar-refractivity contribution is 6.32. The zero-order chi connectivity index (χ0) is 7.84. The summed E-state index contributed by atoms with van der Waals surface area (Å²) in [4.78, 5) is 2.91. The molecule has 2 nitrogen and oxygen atoms in total. The Kier molecular flexibility index (Phi) is 1.29. The van der Waals surface area contributed by atoms with Crippen LogP contribution in [0.4, 0.5) is 0 Å². The van der Waals surface area contributed by atoms with E-state index in [1.165, 1.54) is 0 Å². The Morgan fingerprint density at radius 1 is 1.45 bits per heavy atom. The van der Waals surface area contributed by atoms with Gasteiger partial charge in [-0.25, -0.2) is 0 Å². The fourth-order valence-electron chi connectivity index (χ4n) is 0.992. The molecular weight excluding hydrogens is 162 g/mol. The molecule has 2 aromatic rings. The van der Waals surface area contributed by atoms with Gasteiger partial charge in [-0.3, -0.25) is 0 Å². The normalized spacial score (nSPS) is 10.6. The number of nitrogens with one attached hydrogen (secondary N) is 1. The monoisotopic (exact) mass is 166 g/mol. The van der Waals surface area contributed by atoms with Crippen molar-refractivity contribution in [3.8, 4) is 5.75 Å². The van der Waals surface area contributed by atoms with Gasteiger partial charge in [0.1, 0.15) is 5.75 Å². The summed E-state index contributed by atoms with van der Waals surface area (Å²) in [5, 5.41) is 10.4. The molecular formula is C8H5ClNO. The molecule has 0 saturated heterocycles. The van der Waals surface area contributed by atoms with Gasteiger partial charge in [-0.15, -0.1) is 0 Å². The quantitative estimate of drug-likeness (QED) is 0.619. The van der Waals surface area contributed by atoms with E-state index in [4.69, 9.17) is 16.7 Å². The van der Waals surface area contributed by atoms with Crippen LogP contribution in [0.15, 0.2) is 18.3 Å². The number of aromatic hydroxyl groups is 1. The number of fused-ring (bicyclic) bond motifs is 1. The molecule has 0 unspecified atom stereocenters. The van der Waals surface area contributed by atoms with E-state index in [0.29, 0.717) is 5.02 Å². The molecule has 0 saturated carbocycles. The first-order valence-electron chi connectivity index (χ1n) is 3.14. The summed E-state index contributed by atoms with van der Waals surface area (Å²) < 4.78 is 0. The summed E-state index contributed by atoms with van der Waals surface area (Å²) in [6, 6.07) is 6.18. The van der Waals surface area contributed by atoms with Crippen molar-refractivity contribution >= 4 is 22.5 Å². The van der Waals surface area contributed by atoms with E-state index in [2.05, 4.69) is 11.1 Å². The third kappa shape index (κ3) is 0.955. The second kappa shape index (κ2) is 2.17. The standard InChI is InChI=1S/C8H5ClNO/c9-6-3-5-1-2-10-7(5)4-8(6)11/h2-4,10-11H. The molecule has 0 amide bonds. The first-order valence-corrected chi connectivity index (χ1v) is 3.52. The number of halogens is 1. The molecule has 0 atom stereocenters. The third-order valence-electron chi connectivity index (χ3n) is 1.54. The number of H-pyrrole nitrogens is 1. The SMILES string of the molecule is Oc1cc2[nH]c[c]c2cc1Cl. The van der Waals surface area contributed by atoms with Crippen LogP contribution in [0.25, 0.3) is 10.9 Å². The van der Waals surface area contributed by atoms with Crippen molar-refractivity contribution in [1.82, 2.24) is 4.98 Å². The van der Waals surface area contributed by atoms with Crippen LogP contribution in [0.1, 0.15) is 0 Å². The second-order valence-electron chi connectivity index (χ2n) is 2.28. The highest BCUT2D eigenvalue weighted by atomic mass is 35.5. The molecule has 2 N–H and O–H groups in total. The molecule has 0 spiro atoms. The van der Waals surface area contributed by atoms with Crippen LogP contribution in [0, 0.1) is 6.07 Å². The van der Waals surface area contributed by atoms with E-state index in [-0.39, 0.29) is 5.75 Å². The summed E-state index contributed by atoms with van der Waals surface area (Å²) in [6.07, 6.45) is 1.68. The number of aromatic amines is 1. The molecule has 0 aliphatic carbocycles. The summed E-state index contributed by atoms with van der Waals surface area (Å²) in [5.74, 6) is 0.0926. The second-order valence-corrected chi connectivity index (χ2v) is 2.69. The number of phenolic OH excluding ortho intramolecular Hbond substituents is 1. The van der Waals surface area contributed by atoms with Crippen LogP contribution in [0.5, 0.6) is 5.75 Å². The van der Waals surface area contributed by atoms with Gasteiger partial charge in [0.25, 0.3) is 0 Å². The largest absolute Gasteiger partial charge is 0.506 e. The van der Waals surface area contributed by atoms with Crippen molar-refractivity contribution in [2.24, 2.45) is 0 Å². The van der Waals surface area contributed by atoms with Gasteiger partial charge in [-0.1, -0.05) is 11.6 Å². The number of rotatable bonds is 0. The van der Waals surface area contributed by atoms with E-state index in [9.17, 15) is 0 Å². The van der Waals surface area contributed by atoms with Crippen LogP contribution in [0.3, 0.4) is 0 Å². The van der Waals surface area contributed by atoms with E-state index in [1.807, 2.05) is 0 Å². The predicted octanol–water partition coefficient (Wildman–Crippen LogP) is 2.33. The smallest absolute Gasteiger partial charge is 0.136 e. The molecule has 0 fully saturated rings. The van der Waals surface area contributed by atoms with Crippen molar-refractivity contribution in [2.45, 2.75) is 0 Å². The fraction of sp³-hybridized carbons (Fsp3) is 0. The van der Waals surface area contributed by atoms with Gasteiger partial charge in [0, 0.05) is 29.2 Å². The van der Waals surface area contributed by atoms with Gasteiger partial charge in [0.2, 0.25) is 0 Å². The maximum atomic E-state index is 9.17. The molecule has 0 bridgehead atoms. The number of hydrogen-bond acceptors (Lipinski definition) is 1. The summed E-state index contributed by atoms with van der Waals surface area (Å²) in [6.45, 7) is 0. The van der Waals surface area contributed by atoms with Gasteiger partial charge >= 0.3 is 0 Å². The molecule has 1 aromatic heterocycles. The number of aromatic nitrogens is 1. The van der Waals surface area contributed by atoms with Crippen molar-refractivity contribution in [3.63, 3.8) is 0 Å². The minimum Gasteiger partial charge on any atom is -0.506 e. The van der Waals surface area contributed by atoms with Crippen LogP contribution in [0.2, 0.25) is 5.02 Å². The van der Waals surface area contributed by atoms with Crippen molar-refractivity contribution in [1.29, 1.82) is 0 Å². The Labute approximate surface area is 68.4 Å². The summed E-state index contributed by atoms with van der Waals surface area (Å²) in [7, 11) is 0. The van der Waals surface area contributed by atoms with E-state index < -0.39 is 0 Å². The summed E-state index contributed by atoms with van der Waals surface area (Å²) in [5.41, 5.74) is 0.840. The Morgan fingerprint density at radius 2 is 2.27 bits per heavy atom. The Balaban J connectivity index is 2.86. The molecule has 2 rings (SSSR count). The molecule has 1 radical (unpaired) electrons. The molecule has 11 heavy (non-hydrogen) atoms. The van der Waals surface area contributed by atoms with Crippen LogP contribution in [-0.4, -0.2) is 10.1 Å². The summed E-state index contributed by atoms with van der Waals surface area (Å²) >= 11 is 5.66. The van der Waals surface area contributed by atoms with Gasteiger partial charge in [-0.05, 0) is 6.07 Å². The lowest BCUT2D eigenvalue weighted by Gasteiger charge is -1.94. The minimum atomic E-state index is 0.0926. The van der Waals surface area contributed by atoms with E-state index >= 15 is 0 Å². The maximum Gasteiger partial charge on any atom is 0.136 e. The molecule has 3 heteroatoms. The topological polar surface area (TPSA) is 36.0 Å². The van der Waals surface area contributed by atoms with Crippen LogP contribution >= 0.6 is 11.6 Å². The van der Waals surface area contributed by atoms with Crippen LogP contribution in [-0.2, 0) is 0 Å². The lowest BCUT2D eigenvalue weighted by atomic mass is 10.2. The predicted molar refractivity (Wildman–Crippen MR) is 43.8 cm³/mol. The lowest BCUT2D eigenvalue weighted by Crippen LogP contribution is -1.69. The average Bonchev–Trinajstić information content (AvgIpc) is 2.36. The van der Waals surface area contributed by atoms with Gasteiger partial charge in [-0.2, -0.15) is 0 Å². The Hall–Kier alpha value is -1.15. The van der Waals surface area contributed by atoms with Crippen molar-refractivity contribution in [3.05, 3.63) is 29.4 Å². The first kappa shape index (κ1) is 6.55. The van der Waals surface area contributed by atoms with Crippen molar-refractivity contribution in [2.75, 3.05) is 0 Å². The van der Waals surface area contributed by atoms with E-state index in [1.54, 1.807) is 18.3 Å². The number of hydrogen-bond donors (Lipinski definition) is 2. The Morgan fingerprint density at radius 3 is 3.09 bits per heavy atom. The van der Waals surface area contributed by atoms with Gasteiger partial charge in [0.15, 0.2) is 0 Å². The minimum absolute atomic E-state index is 0.0926. The Bertz CT molecular complexity index is 358. The molecule has 1 heterocycles. The first-order chi connectivity index (χ1) is 5.27. The van der Waals surface area contributed by atoms with Crippen LogP contribution < -0.4 is 0 Å². The number of benzene rings is 1. The van der Waals surface area contributed by atoms with Gasteiger partial charge < -0.3 is 10.1 Å². The molecule has 1 aromatic carbocycles. The average molecular weight is 167 g/mol. The zero-order valence-electron chi connectivity index (χ0n) is 5.56. The maximum absolute atomic E-state index is 9.17. The molecule has 0 aliphatic rings. The highest BCUT2D eigenvalue weighted by Crippen LogP contribution is 2.27. The zero-order valence-corrected chi connectivity index (χ0v) is 6.31. The molecule has 0 aliphatic heterocycles.